The van der Waals surface area contributed by atoms with Gasteiger partial charge in [-0.25, -0.2) is 8.42 Å². The maximum Gasteiger partial charge on any atom is 0.243 e. The number of nitrogens with zero attached hydrogens (tertiary/aromatic N) is 3. The maximum absolute atomic E-state index is 12.6. The summed E-state index contributed by atoms with van der Waals surface area (Å²) in [5, 5.41) is 8.76. The molecule has 2 saturated heterocycles. The minimum absolute atomic E-state index is 0.000549. The summed E-state index contributed by atoms with van der Waals surface area (Å²) < 4.78 is 26.6. The van der Waals surface area contributed by atoms with Crippen LogP contribution < -0.4 is 0 Å². The Labute approximate surface area is 123 Å². The van der Waals surface area contributed by atoms with Gasteiger partial charge in [0, 0.05) is 32.1 Å². The predicted octanol–water partition coefficient (Wildman–Crippen LogP) is 0.554. The highest BCUT2D eigenvalue weighted by atomic mass is 32.2. The summed E-state index contributed by atoms with van der Waals surface area (Å²) in [7, 11) is -3.56. The minimum Gasteiger partial charge on any atom is -0.337 e. The van der Waals surface area contributed by atoms with Gasteiger partial charge in [0.15, 0.2) is 0 Å². The van der Waals surface area contributed by atoms with Crippen molar-refractivity contribution in [2.75, 3.05) is 19.6 Å². The van der Waals surface area contributed by atoms with Gasteiger partial charge in [-0.3, -0.25) is 4.79 Å². The fourth-order valence-corrected chi connectivity index (χ4v) is 4.37. The van der Waals surface area contributed by atoms with Crippen molar-refractivity contribution in [3.8, 4) is 6.07 Å². The van der Waals surface area contributed by atoms with Gasteiger partial charge in [0.25, 0.3) is 0 Å². The molecule has 110 valence electrons. The molecule has 1 atom stereocenters. The van der Waals surface area contributed by atoms with Gasteiger partial charge in [0.1, 0.15) is 0 Å². The van der Waals surface area contributed by atoms with E-state index in [1.807, 2.05) is 6.07 Å². The Morgan fingerprint density at radius 3 is 2.57 bits per heavy atom. The monoisotopic (exact) mass is 305 g/mol. The molecule has 2 fully saturated rings. The van der Waals surface area contributed by atoms with Crippen LogP contribution in [-0.2, 0) is 14.8 Å². The maximum atomic E-state index is 12.6. The van der Waals surface area contributed by atoms with E-state index >= 15 is 0 Å². The van der Waals surface area contributed by atoms with E-state index in [-0.39, 0.29) is 16.8 Å². The third-order valence-corrected chi connectivity index (χ3v) is 5.96. The molecule has 0 aliphatic carbocycles. The molecular formula is C14H15N3O3S. The van der Waals surface area contributed by atoms with Gasteiger partial charge in [-0.05, 0) is 30.7 Å². The molecule has 2 aliphatic heterocycles. The molecule has 1 aromatic carbocycles. The third-order valence-electron chi connectivity index (χ3n) is 4.08. The number of rotatable bonds is 2. The number of benzene rings is 1. The lowest BCUT2D eigenvalue weighted by Crippen LogP contribution is -2.53. The first-order valence-corrected chi connectivity index (χ1v) is 8.26. The number of amides is 1. The topological polar surface area (TPSA) is 81.5 Å². The second kappa shape index (κ2) is 5.13. The molecule has 6 nitrogen and oxygen atoms in total. The molecule has 2 aliphatic rings. The van der Waals surface area contributed by atoms with E-state index in [4.69, 9.17) is 5.26 Å². The Morgan fingerprint density at radius 2 is 1.90 bits per heavy atom. The average Bonchev–Trinajstić information content (AvgIpc) is 2.88. The van der Waals surface area contributed by atoms with Crippen LogP contribution in [0.15, 0.2) is 29.2 Å². The molecule has 0 bridgehead atoms. The molecule has 21 heavy (non-hydrogen) atoms. The number of sulfonamides is 1. The SMILES string of the molecule is N#Cc1ccc(S(=O)(=O)N2CCN3C(=O)CCC3C2)cc1. The minimum atomic E-state index is -3.56. The molecule has 1 amide bonds. The van der Waals surface area contributed by atoms with Crippen molar-refractivity contribution in [3.63, 3.8) is 0 Å². The molecule has 1 unspecified atom stereocenters. The van der Waals surface area contributed by atoms with Gasteiger partial charge in [-0.15, -0.1) is 0 Å². The summed E-state index contributed by atoms with van der Waals surface area (Å²) in [5.41, 5.74) is 0.431. The van der Waals surface area contributed by atoms with Gasteiger partial charge >= 0.3 is 0 Å². The number of fused-ring (bicyclic) bond motifs is 1. The zero-order chi connectivity index (χ0) is 15.0. The zero-order valence-corrected chi connectivity index (χ0v) is 12.2. The van der Waals surface area contributed by atoms with Gasteiger partial charge < -0.3 is 4.90 Å². The van der Waals surface area contributed by atoms with E-state index in [2.05, 4.69) is 0 Å². The summed E-state index contributed by atoms with van der Waals surface area (Å²) in [6.07, 6.45) is 1.23. The summed E-state index contributed by atoms with van der Waals surface area (Å²) in [6, 6.07) is 7.89. The van der Waals surface area contributed by atoms with E-state index in [1.165, 1.54) is 28.6 Å². The Hall–Kier alpha value is -1.91. The fourth-order valence-electron chi connectivity index (χ4n) is 2.90. The highest BCUT2D eigenvalue weighted by molar-refractivity contribution is 7.89. The lowest BCUT2D eigenvalue weighted by Gasteiger charge is -2.36. The van der Waals surface area contributed by atoms with Crippen LogP contribution in [0.5, 0.6) is 0 Å². The smallest absolute Gasteiger partial charge is 0.243 e. The normalized spacial score (nSPS) is 22.9. The molecule has 0 radical (unpaired) electrons. The van der Waals surface area contributed by atoms with Crippen LogP contribution in [0.4, 0.5) is 0 Å². The molecule has 7 heteroatoms. The highest BCUT2D eigenvalue weighted by Crippen LogP contribution is 2.26. The van der Waals surface area contributed by atoms with Crippen molar-refractivity contribution in [2.45, 2.75) is 23.8 Å². The van der Waals surface area contributed by atoms with Crippen LogP contribution in [0, 0.1) is 11.3 Å². The summed E-state index contributed by atoms with van der Waals surface area (Å²) in [6.45, 7) is 1.14. The van der Waals surface area contributed by atoms with E-state index in [0.717, 1.165) is 6.42 Å². The number of carbonyl (C=O) groups excluding carboxylic acids is 1. The lowest BCUT2D eigenvalue weighted by atomic mass is 10.2. The Morgan fingerprint density at radius 1 is 1.19 bits per heavy atom. The van der Waals surface area contributed by atoms with E-state index < -0.39 is 10.0 Å². The van der Waals surface area contributed by atoms with Crippen LogP contribution in [0.2, 0.25) is 0 Å². The second-order valence-electron chi connectivity index (χ2n) is 5.28. The molecule has 0 saturated carbocycles. The van der Waals surface area contributed by atoms with E-state index in [1.54, 1.807) is 4.90 Å². The van der Waals surface area contributed by atoms with Crippen molar-refractivity contribution in [2.24, 2.45) is 0 Å². The average molecular weight is 305 g/mol. The summed E-state index contributed by atoms with van der Waals surface area (Å²) in [4.78, 5) is 13.6. The quantitative estimate of drug-likeness (QED) is 0.799. The van der Waals surface area contributed by atoms with Crippen LogP contribution in [-0.4, -0.2) is 49.2 Å². The Bertz CT molecular complexity index is 706. The molecule has 1 aromatic rings. The van der Waals surface area contributed by atoms with Gasteiger partial charge in [-0.2, -0.15) is 9.57 Å². The first-order chi connectivity index (χ1) is 10.0. The van der Waals surface area contributed by atoms with Crippen molar-refractivity contribution in [1.29, 1.82) is 5.26 Å². The second-order valence-corrected chi connectivity index (χ2v) is 7.22. The zero-order valence-electron chi connectivity index (χ0n) is 11.4. The largest absolute Gasteiger partial charge is 0.337 e. The molecule has 3 rings (SSSR count). The van der Waals surface area contributed by atoms with Crippen molar-refractivity contribution < 1.29 is 13.2 Å². The van der Waals surface area contributed by atoms with Gasteiger partial charge in [0.2, 0.25) is 15.9 Å². The number of hydrogen-bond acceptors (Lipinski definition) is 4. The van der Waals surface area contributed by atoms with Gasteiger partial charge in [-0.1, -0.05) is 0 Å². The van der Waals surface area contributed by atoms with E-state index in [0.29, 0.717) is 31.6 Å². The Kier molecular flexibility index (Phi) is 3.43. The lowest BCUT2D eigenvalue weighted by molar-refractivity contribution is -0.130. The number of piperazine rings is 1. The molecular weight excluding hydrogens is 290 g/mol. The third kappa shape index (κ3) is 2.41. The molecule has 0 spiro atoms. The number of nitriles is 1. The summed E-state index contributed by atoms with van der Waals surface area (Å²) in [5.74, 6) is 0.121. The van der Waals surface area contributed by atoms with Crippen molar-refractivity contribution in [1.82, 2.24) is 9.21 Å². The first-order valence-electron chi connectivity index (χ1n) is 6.82. The standard InChI is InChI=1S/C14H15N3O3S/c15-9-11-1-4-13(5-2-11)21(19,20)16-7-8-17-12(10-16)3-6-14(17)18/h1-2,4-5,12H,3,6-8,10H2. The van der Waals surface area contributed by atoms with Crippen molar-refractivity contribution >= 4 is 15.9 Å². The fraction of sp³-hybridized carbons (Fsp3) is 0.429. The van der Waals surface area contributed by atoms with Crippen molar-refractivity contribution in [3.05, 3.63) is 29.8 Å². The highest BCUT2D eigenvalue weighted by Gasteiger charge is 2.39. The molecule has 0 aromatic heterocycles. The molecule has 2 heterocycles. The van der Waals surface area contributed by atoms with Gasteiger partial charge in [0.05, 0.1) is 16.5 Å². The number of carbonyl (C=O) groups is 1. The molecule has 0 N–H and O–H groups in total. The first kappa shape index (κ1) is 14.0. The van der Waals surface area contributed by atoms with E-state index in [9.17, 15) is 13.2 Å². The van der Waals surface area contributed by atoms with Crippen LogP contribution in [0.25, 0.3) is 0 Å². The Balaban J connectivity index is 1.82. The van der Waals surface area contributed by atoms with Crippen LogP contribution in [0.3, 0.4) is 0 Å². The van der Waals surface area contributed by atoms with Crippen LogP contribution >= 0.6 is 0 Å². The van der Waals surface area contributed by atoms with Crippen LogP contribution in [0.1, 0.15) is 18.4 Å². The predicted molar refractivity (Wildman–Crippen MR) is 74.7 cm³/mol. The number of hydrogen-bond donors (Lipinski definition) is 0. The summed E-state index contributed by atoms with van der Waals surface area (Å²) >= 11 is 0.